The predicted octanol–water partition coefficient (Wildman–Crippen LogP) is 4.58. The van der Waals surface area contributed by atoms with Crippen molar-refractivity contribution in [3.8, 4) is 0 Å². The first-order valence-electron chi connectivity index (χ1n) is 7.55. The average Bonchev–Trinajstić information content (AvgIpc) is 3.21. The molecular weight excluding hydrogens is 311 g/mol. The number of nitrogens with one attached hydrogen (secondary N) is 1. The van der Waals surface area contributed by atoms with E-state index in [-0.39, 0.29) is 0 Å². The van der Waals surface area contributed by atoms with Crippen LogP contribution < -0.4 is 5.32 Å². The van der Waals surface area contributed by atoms with Gasteiger partial charge in [0, 0.05) is 30.7 Å². The molecule has 2 nitrogen and oxygen atoms in total. The van der Waals surface area contributed by atoms with E-state index >= 15 is 0 Å². The normalized spacial score (nSPS) is 23.1. The van der Waals surface area contributed by atoms with Gasteiger partial charge in [-0.3, -0.25) is 4.90 Å². The Morgan fingerprint density at radius 3 is 2.55 bits per heavy atom. The van der Waals surface area contributed by atoms with Gasteiger partial charge in [0.2, 0.25) is 0 Å². The summed E-state index contributed by atoms with van der Waals surface area (Å²) in [6.07, 6.45) is 5.35. The molecule has 0 aromatic carbocycles. The molecule has 1 saturated heterocycles. The number of piperidine rings is 1. The second-order valence-corrected chi connectivity index (χ2v) is 8.40. The number of thiophene rings is 1. The maximum Gasteiger partial charge on any atom is 0.0991 e. The Balaban J connectivity index is 1.50. The van der Waals surface area contributed by atoms with Gasteiger partial charge in [0.25, 0.3) is 0 Å². The number of likely N-dealkylation sites (tertiary alicyclic amines) is 1. The van der Waals surface area contributed by atoms with Crippen LogP contribution >= 0.6 is 34.5 Å². The van der Waals surface area contributed by atoms with Crippen molar-refractivity contribution in [3.63, 3.8) is 0 Å². The van der Waals surface area contributed by atoms with Crippen LogP contribution in [0, 0.1) is 5.92 Å². The molecule has 1 unspecified atom stereocenters. The Bertz CT molecular complexity index is 451. The van der Waals surface area contributed by atoms with E-state index in [1.807, 2.05) is 6.07 Å². The largest absolute Gasteiger partial charge is 0.314 e. The summed E-state index contributed by atoms with van der Waals surface area (Å²) in [4.78, 5) is 2.53. The van der Waals surface area contributed by atoms with Crippen LogP contribution in [0.1, 0.15) is 44.2 Å². The number of hydrogen-bond acceptors (Lipinski definition) is 3. The molecule has 1 atom stereocenters. The van der Waals surface area contributed by atoms with Gasteiger partial charge in [0.05, 0.1) is 8.67 Å². The molecule has 20 heavy (non-hydrogen) atoms. The molecule has 5 heteroatoms. The first kappa shape index (κ1) is 15.1. The lowest BCUT2D eigenvalue weighted by molar-refractivity contribution is 0.152. The third kappa shape index (κ3) is 3.69. The van der Waals surface area contributed by atoms with Gasteiger partial charge in [-0.15, -0.1) is 11.3 Å². The molecule has 1 saturated carbocycles. The van der Waals surface area contributed by atoms with Gasteiger partial charge in [-0.05, 0) is 51.1 Å². The van der Waals surface area contributed by atoms with E-state index in [9.17, 15) is 0 Å². The molecule has 2 aliphatic rings. The van der Waals surface area contributed by atoms with Crippen molar-refractivity contribution in [2.75, 3.05) is 19.6 Å². The highest BCUT2D eigenvalue weighted by Crippen LogP contribution is 2.37. The fourth-order valence-corrected chi connectivity index (χ4v) is 4.61. The van der Waals surface area contributed by atoms with E-state index in [0.29, 0.717) is 12.1 Å². The number of hydrogen-bond donors (Lipinski definition) is 1. The van der Waals surface area contributed by atoms with Gasteiger partial charge in [0.15, 0.2) is 0 Å². The van der Waals surface area contributed by atoms with E-state index in [2.05, 4.69) is 17.1 Å². The minimum atomic E-state index is 0.371. The Hall–Kier alpha value is 0.200. The number of rotatable bonds is 5. The van der Waals surface area contributed by atoms with Gasteiger partial charge in [-0.1, -0.05) is 23.2 Å². The predicted molar refractivity (Wildman–Crippen MR) is 88.1 cm³/mol. The van der Waals surface area contributed by atoms with Gasteiger partial charge < -0.3 is 5.32 Å². The second-order valence-electron chi connectivity index (χ2n) is 6.12. The van der Waals surface area contributed by atoms with E-state index in [1.165, 1.54) is 49.1 Å². The first-order chi connectivity index (χ1) is 9.63. The molecule has 1 aliphatic carbocycles. The molecule has 2 fully saturated rings. The zero-order valence-corrected chi connectivity index (χ0v) is 14.2. The lowest BCUT2D eigenvalue weighted by Gasteiger charge is -2.36. The van der Waals surface area contributed by atoms with E-state index in [4.69, 9.17) is 23.2 Å². The van der Waals surface area contributed by atoms with Gasteiger partial charge in [0.1, 0.15) is 0 Å². The number of halogens is 2. The zero-order valence-electron chi connectivity index (χ0n) is 11.9. The average molecular weight is 333 g/mol. The maximum atomic E-state index is 6.27. The molecule has 0 bridgehead atoms. The minimum Gasteiger partial charge on any atom is -0.314 e. The fourth-order valence-electron chi connectivity index (χ4n) is 2.98. The molecule has 1 aromatic rings. The maximum absolute atomic E-state index is 6.27. The molecule has 1 aliphatic heterocycles. The van der Waals surface area contributed by atoms with Gasteiger partial charge >= 0.3 is 0 Å². The highest BCUT2D eigenvalue weighted by atomic mass is 35.5. The van der Waals surface area contributed by atoms with Gasteiger partial charge in [-0.25, -0.2) is 0 Å². The van der Waals surface area contributed by atoms with Crippen LogP contribution in [0.25, 0.3) is 0 Å². The van der Waals surface area contributed by atoms with Crippen LogP contribution in [-0.2, 0) is 0 Å². The van der Waals surface area contributed by atoms with Crippen LogP contribution in [-0.4, -0.2) is 30.6 Å². The Kier molecular flexibility index (Phi) is 4.94. The molecule has 3 rings (SSSR count). The summed E-state index contributed by atoms with van der Waals surface area (Å²) < 4.78 is 1.63. The number of nitrogens with zero attached hydrogens (tertiary/aromatic N) is 1. The molecular formula is C15H22Cl2N2S. The van der Waals surface area contributed by atoms with Gasteiger partial charge in [-0.2, -0.15) is 0 Å². The summed E-state index contributed by atoms with van der Waals surface area (Å²) in [6.45, 7) is 5.76. The highest BCUT2D eigenvalue weighted by Gasteiger charge is 2.27. The SMILES string of the molecule is CC(c1cc(Cl)sc1Cl)N1CCC(NCC2CC2)CC1. The van der Waals surface area contributed by atoms with Crippen molar-refractivity contribution in [2.24, 2.45) is 5.92 Å². The third-order valence-electron chi connectivity index (χ3n) is 4.60. The zero-order chi connectivity index (χ0) is 14.1. The first-order valence-corrected chi connectivity index (χ1v) is 9.13. The summed E-state index contributed by atoms with van der Waals surface area (Å²) >= 11 is 13.8. The summed E-state index contributed by atoms with van der Waals surface area (Å²) in [5.74, 6) is 0.971. The fraction of sp³-hybridized carbons (Fsp3) is 0.733. The van der Waals surface area contributed by atoms with E-state index in [1.54, 1.807) is 0 Å². The molecule has 112 valence electrons. The van der Waals surface area contributed by atoms with Crippen LogP contribution in [0.3, 0.4) is 0 Å². The quantitative estimate of drug-likeness (QED) is 0.848. The van der Waals surface area contributed by atoms with E-state index in [0.717, 1.165) is 27.7 Å². The third-order valence-corrected chi connectivity index (χ3v) is 6.12. The van der Waals surface area contributed by atoms with Crippen molar-refractivity contribution in [1.29, 1.82) is 0 Å². The summed E-state index contributed by atoms with van der Waals surface area (Å²) in [6, 6.07) is 3.10. The lowest BCUT2D eigenvalue weighted by atomic mass is 10.0. The molecule has 1 N–H and O–H groups in total. The Morgan fingerprint density at radius 1 is 1.30 bits per heavy atom. The molecule has 0 amide bonds. The highest BCUT2D eigenvalue weighted by molar-refractivity contribution is 7.20. The van der Waals surface area contributed by atoms with Crippen LogP contribution in [0.4, 0.5) is 0 Å². The molecule has 1 aromatic heterocycles. The van der Waals surface area contributed by atoms with Crippen LogP contribution in [0.2, 0.25) is 8.67 Å². The summed E-state index contributed by atoms with van der Waals surface area (Å²) in [5.41, 5.74) is 1.19. The smallest absolute Gasteiger partial charge is 0.0991 e. The molecule has 2 heterocycles. The molecule has 0 radical (unpaired) electrons. The van der Waals surface area contributed by atoms with Crippen molar-refractivity contribution in [2.45, 2.75) is 44.7 Å². The van der Waals surface area contributed by atoms with Crippen molar-refractivity contribution < 1.29 is 0 Å². The van der Waals surface area contributed by atoms with Crippen molar-refractivity contribution in [1.82, 2.24) is 10.2 Å². The van der Waals surface area contributed by atoms with Crippen molar-refractivity contribution in [3.05, 3.63) is 20.3 Å². The summed E-state index contributed by atoms with van der Waals surface area (Å²) in [7, 11) is 0. The Labute approximate surface area is 135 Å². The van der Waals surface area contributed by atoms with Crippen LogP contribution in [0.15, 0.2) is 6.07 Å². The van der Waals surface area contributed by atoms with E-state index < -0.39 is 0 Å². The van der Waals surface area contributed by atoms with Crippen molar-refractivity contribution >= 4 is 34.5 Å². The topological polar surface area (TPSA) is 15.3 Å². The monoisotopic (exact) mass is 332 g/mol. The minimum absolute atomic E-state index is 0.371. The summed E-state index contributed by atoms with van der Waals surface area (Å²) in [5, 5.41) is 3.73. The lowest BCUT2D eigenvalue weighted by Crippen LogP contribution is -2.43. The van der Waals surface area contributed by atoms with Crippen LogP contribution in [0.5, 0.6) is 0 Å². The second kappa shape index (κ2) is 6.53. The molecule has 0 spiro atoms. The Morgan fingerprint density at radius 2 is 2.00 bits per heavy atom. The standard InChI is InChI=1S/C15H22Cl2N2S/c1-10(13-8-14(16)20-15(13)17)19-6-4-12(5-7-19)18-9-11-2-3-11/h8,10-12,18H,2-7,9H2,1H3.